The maximum absolute atomic E-state index is 6.45. The van der Waals surface area contributed by atoms with E-state index in [4.69, 9.17) is 33.2 Å². The number of allylic oxidation sites excluding steroid dienone is 2. The first-order valence-corrected chi connectivity index (χ1v) is 19.9. The lowest BCUT2D eigenvalue weighted by Gasteiger charge is -2.26. The molecule has 0 aliphatic heterocycles. The van der Waals surface area contributed by atoms with Crippen LogP contribution in [-0.2, 0) is 33.2 Å². The second-order valence-corrected chi connectivity index (χ2v) is 12.6. The predicted octanol–water partition coefficient (Wildman–Crippen LogP) is 12.1. The van der Waals surface area contributed by atoms with E-state index in [1.807, 2.05) is 0 Å². The average Bonchev–Trinajstić information content (AvgIpc) is 3.08. The molecule has 0 aromatic carbocycles. The van der Waals surface area contributed by atoms with E-state index >= 15 is 0 Å². The van der Waals surface area contributed by atoms with Crippen LogP contribution in [0.15, 0.2) is 23.0 Å². The van der Waals surface area contributed by atoms with Crippen molar-refractivity contribution in [1.82, 2.24) is 0 Å². The number of hydrogen-bond acceptors (Lipinski definition) is 7. The van der Waals surface area contributed by atoms with E-state index in [-0.39, 0.29) is 25.8 Å². The molecule has 47 heavy (non-hydrogen) atoms. The molecule has 7 nitrogen and oxygen atoms in total. The van der Waals surface area contributed by atoms with Gasteiger partial charge in [-0.3, -0.25) is 0 Å². The molecule has 0 fully saturated rings. The minimum atomic E-state index is -0.210. The molecule has 0 aromatic rings. The van der Waals surface area contributed by atoms with Crippen molar-refractivity contribution < 1.29 is 33.2 Å². The van der Waals surface area contributed by atoms with Crippen LogP contribution >= 0.6 is 0 Å². The highest BCUT2D eigenvalue weighted by molar-refractivity contribution is 5.09. The molecule has 0 heterocycles. The van der Waals surface area contributed by atoms with Crippen LogP contribution in [0.25, 0.3) is 0 Å². The monoisotopic (exact) mass is 671 g/mol. The van der Waals surface area contributed by atoms with Crippen LogP contribution in [-0.4, -0.2) is 52.2 Å². The zero-order chi connectivity index (χ0) is 34.8. The molecule has 7 heteroatoms. The first kappa shape index (κ1) is 45.6. The van der Waals surface area contributed by atoms with Crippen molar-refractivity contribution in [2.75, 3.05) is 40.0 Å². The number of ether oxygens (including phenoxy) is 7. The maximum Gasteiger partial charge on any atom is 0.162 e. The van der Waals surface area contributed by atoms with E-state index in [0.29, 0.717) is 26.4 Å². The minimum Gasteiger partial charge on any atom is -0.494 e. The van der Waals surface area contributed by atoms with Crippen LogP contribution in [0, 0.1) is 0 Å². The normalized spacial score (nSPS) is 14.0. The number of unbranched alkanes of at least 4 members (excludes halogenated alkanes) is 8. The average molecular weight is 671 g/mol. The van der Waals surface area contributed by atoms with E-state index in [9.17, 15) is 0 Å². The quantitative estimate of drug-likeness (QED) is 0.0373. The smallest absolute Gasteiger partial charge is 0.162 e. The Balaban J connectivity index is 5.86. The van der Waals surface area contributed by atoms with E-state index in [0.717, 1.165) is 100 Å². The number of rotatable bonds is 36. The fraction of sp³-hybridized carbons (Fsp3) is 0.900. The minimum absolute atomic E-state index is 0.123. The van der Waals surface area contributed by atoms with Gasteiger partial charge in [-0.1, -0.05) is 120 Å². The maximum atomic E-state index is 6.45. The number of hydrogen-bond donors (Lipinski definition) is 0. The van der Waals surface area contributed by atoms with Gasteiger partial charge in [-0.15, -0.1) is 0 Å². The first-order valence-electron chi connectivity index (χ1n) is 19.9. The Kier molecular flexibility index (Phi) is 33.4. The van der Waals surface area contributed by atoms with Gasteiger partial charge in [0.05, 0.1) is 26.4 Å². The zero-order valence-corrected chi connectivity index (χ0v) is 32.4. The van der Waals surface area contributed by atoms with Crippen LogP contribution in [0.2, 0.25) is 0 Å². The summed E-state index contributed by atoms with van der Waals surface area (Å²) >= 11 is 0. The van der Waals surface area contributed by atoms with Gasteiger partial charge in [0.2, 0.25) is 0 Å². The Bertz CT molecular complexity index is 676. The molecule has 280 valence electrons. The topological polar surface area (TPSA) is 64.6 Å². The predicted molar refractivity (Wildman–Crippen MR) is 196 cm³/mol. The summed E-state index contributed by atoms with van der Waals surface area (Å²) in [6.45, 7) is 20.3. The fourth-order valence-electron chi connectivity index (χ4n) is 5.31. The second-order valence-electron chi connectivity index (χ2n) is 12.6. The van der Waals surface area contributed by atoms with Crippen LogP contribution in [0.3, 0.4) is 0 Å². The molecule has 0 aromatic heterocycles. The Labute approximate surface area is 291 Å². The zero-order valence-electron chi connectivity index (χ0n) is 32.4. The molecule has 0 radical (unpaired) electrons. The Hall–Kier alpha value is -1.44. The van der Waals surface area contributed by atoms with Gasteiger partial charge in [0, 0.05) is 12.8 Å². The molecule has 0 bridgehead atoms. The van der Waals surface area contributed by atoms with Gasteiger partial charge < -0.3 is 33.2 Å². The van der Waals surface area contributed by atoms with Crippen molar-refractivity contribution in [1.29, 1.82) is 0 Å². The third-order valence-corrected chi connectivity index (χ3v) is 7.82. The summed E-state index contributed by atoms with van der Waals surface area (Å²) in [5.74, 6) is 3.56. The Morgan fingerprint density at radius 2 is 0.745 bits per heavy atom. The molecule has 0 aliphatic carbocycles. The second kappa shape index (κ2) is 34.4. The van der Waals surface area contributed by atoms with Gasteiger partial charge in [0.25, 0.3) is 0 Å². The van der Waals surface area contributed by atoms with E-state index < -0.39 is 0 Å². The van der Waals surface area contributed by atoms with Crippen LogP contribution in [0.5, 0.6) is 0 Å². The summed E-state index contributed by atoms with van der Waals surface area (Å²) in [7, 11) is 0. The van der Waals surface area contributed by atoms with E-state index in [1.165, 1.54) is 51.4 Å². The highest BCUT2D eigenvalue weighted by Gasteiger charge is 2.24. The standard InChI is InChI=1S/C40H78O7/c1-9-17-19-21-23-27-37(39(44-31-15-7)35(25-11-3)42-29-13-5)46-33-41-34-47-38(28-24-22-20-18-10-2)40(45-32-16-8)36(26-12-4)43-30-14-6/h37-38H,9-34H2,1-8H3. The van der Waals surface area contributed by atoms with Crippen LogP contribution in [0.4, 0.5) is 0 Å². The molecule has 0 spiro atoms. The third-order valence-electron chi connectivity index (χ3n) is 7.82. The molecule has 0 rings (SSSR count). The molecule has 0 aliphatic rings. The molecule has 0 amide bonds. The summed E-state index contributed by atoms with van der Waals surface area (Å²) in [6, 6.07) is 0. The summed E-state index contributed by atoms with van der Waals surface area (Å²) in [5, 5.41) is 0. The molecule has 0 saturated heterocycles. The lowest BCUT2D eigenvalue weighted by atomic mass is 10.1. The molecule has 0 N–H and O–H groups in total. The largest absolute Gasteiger partial charge is 0.494 e. The van der Waals surface area contributed by atoms with Gasteiger partial charge in [0.1, 0.15) is 23.7 Å². The molecular formula is C40H78O7. The van der Waals surface area contributed by atoms with Crippen molar-refractivity contribution in [3.63, 3.8) is 0 Å². The van der Waals surface area contributed by atoms with Crippen molar-refractivity contribution in [2.24, 2.45) is 0 Å². The van der Waals surface area contributed by atoms with Gasteiger partial charge >= 0.3 is 0 Å². The lowest BCUT2D eigenvalue weighted by Crippen LogP contribution is -2.25. The van der Waals surface area contributed by atoms with Gasteiger partial charge in [-0.2, -0.15) is 0 Å². The fourth-order valence-corrected chi connectivity index (χ4v) is 5.31. The van der Waals surface area contributed by atoms with Gasteiger partial charge in [-0.25, -0.2) is 0 Å². The van der Waals surface area contributed by atoms with Crippen molar-refractivity contribution in [2.45, 2.75) is 196 Å². The SMILES string of the molecule is CCCCCCCC(OCOCOC(CCCCCCC)C(OCCC)=C(CCC)OCCC)C(OCCC)=C(CCC)OCCC. The molecule has 2 atom stereocenters. The van der Waals surface area contributed by atoms with E-state index in [1.54, 1.807) is 0 Å². The summed E-state index contributed by atoms with van der Waals surface area (Å²) < 4.78 is 44.2. The van der Waals surface area contributed by atoms with Gasteiger partial charge in [-0.05, 0) is 51.4 Å². The Morgan fingerprint density at radius 3 is 1.09 bits per heavy atom. The van der Waals surface area contributed by atoms with Crippen molar-refractivity contribution in [3.8, 4) is 0 Å². The van der Waals surface area contributed by atoms with Crippen LogP contribution in [0.1, 0.15) is 184 Å². The van der Waals surface area contributed by atoms with Gasteiger partial charge in [0.15, 0.2) is 25.1 Å². The molecule has 2 unspecified atom stereocenters. The molecule has 0 saturated carbocycles. The summed E-state index contributed by atoms with van der Waals surface area (Å²) in [6.07, 6.45) is 20.8. The molecular weight excluding hydrogens is 592 g/mol. The van der Waals surface area contributed by atoms with E-state index in [2.05, 4.69) is 55.4 Å². The van der Waals surface area contributed by atoms with Crippen molar-refractivity contribution >= 4 is 0 Å². The summed E-state index contributed by atoms with van der Waals surface area (Å²) in [5.41, 5.74) is 0. The lowest BCUT2D eigenvalue weighted by molar-refractivity contribution is -0.167. The third kappa shape index (κ3) is 23.5. The van der Waals surface area contributed by atoms with Crippen molar-refractivity contribution in [3.05, 3.63) is 23.0 Å². The highest BCUT2D eigenvalue weighted by Crippen LogP contribution is 2.26. The first-order chi connectivity index (χ1) is 23.1. The summed E-state index contributed by atoms with van der Waals surface area (Å²) in [4.78, 5) is 0. The Morgan fingerprint density at radius 1 is 0.383 bits per heavy atom. The van der Waals surface area contributed by atoms with Crippen LogP contribution < -0.4 is 0 Å². The highest BCUT2D eigenvalue weighted by atomic mass is 16.7.